The first kappa shape index (κ1) is 14.8. The molecule has 6 nitrogen and oxygen atoms in total. The molecule has 1 fully saturated rings. The second-order valence-corrected chi connectivity index (χ2v) is 5.50. The number of rotatable bonds is 9. The minimum Gasteiger partial charge on any atom is -0.467 e. The molecule has 0 radical (unpaired) electrons. The normalized spacial score (nSPS) is 15.8. The van der Waals surface area contributed by atoms with Crippen molar-refractivity contribution in [2.75, 3.05) is 30.8 Å². The topological polar surface area (TPSA) is 72.0 Å². The third-order valence-corrected chi connectivity index (χ3v) is 3.69. The molecule has 2 N–H and O–H groups in total. The zero-order valence-electron chi connectivity index (χ0n) is 12.7. The maximum absolute atomic E-state index is 5.13. The molecule has 0 amide bonds. The van der Waals surface area contributed by atoms with E-state index in [-0.39, 0.29) is 0 Å². The summed E-state index contributed by atoms with van der Waals surface area (Å²) in [6.45, 7) is 6.11. The number of methoxy groups -OCH3 is 1. The molecular formula is C14H25N5O. The van der Waals surface area contributed by atoms with Gasteiger partial charge in [0.1, 0.15) is 0 Å². The number of hydrogen-bond acceptors (Lipinski definition) is 6. The molecule has 1 aliphatic carbocycles. The summed E-state index contributed by atoms with van der Waals surface area (Å²) in [7, 11) is 1.57. The molecule has 1 aliphatic rings. The van der Waals surface area contributed by atoms with E-state index in [0.717, 1.165) is 19.5 Å². The van der Waals surface area contributed by atoms with Gasteiger partial charge in [-0.15, -0.1) is 0 Å². The van der Waals surface area contributed by atoms with Crippen molar-refractivity contribution in [1.82, 2.24) is 15.0 Å². The van der Waals surface area contributed by atoms with E-state index in [2.05, 4.69) is 39.4 Å². The van der Waals surface area contributed by atoms with Crippen LogP contribution in [0.5, 0.6) is 6.01 Å². The largest absolute Gasteiger partial charge is 0.467 e. The zero-order chi connectivity index (χ0) is 14.4. The van der Waals surface area contributed by atoms with E-state index in [9.17, 15) is 0 Å². The van der Waals surface area contributed by atoms with Crippen LogP contribution in [0.25, 0.3) is 0 Å². The molecule has 6 heteroatoms. The van der Waals surface area contributed by atoms with Gasteiger partial charge >= 0.3 is 6.01 Å². The van der Waals surface area contributed by atoms with Crippen LogP contribution in [0.4, 0.5) is 11.9 Å². The van der Waals surface area contributed by atoms with Gasteiger partial charge in [-0.1, -0.05) is 20.3 Å². The van der Waals surface area contributed by atoms with Crippen LogP contribution >= 0.6 is 0 Å². The lowest BCUT2D eigenvalue weighted by Crippen LogP contribution is -2.18. The lowest BCUT2D eigenvalue weighted by molar-refractivity contribution is 0.379. The monoisotopic (exact) mass is 279 g/mol. The van der Waals surface area contributed by atoms with E-state index in [1.165, 1.54) is 25.7 Å². The summed E-state index contributed by atoms with van der Waals surface area (Å²) in [5.41, 5.74) is 0.464. The maximum Gasteiger partial charge on any atom is 0.322 e. The highest BCUT2D eigenvalue weighted by Gasteiger charge is 2.41. The van der Waals surface area contributed by atoms with E-state index in [4.69, 9.17) is 4.74 Å². The van der Waals surface area contributed by atoms with Crippen molar-refractivity contribution >= 4 is 11.9 Å². The van der Waals surface area contributed by atoms with Crippen LogP contribution in [0.15, 0.2) is 0 Å². The van der Waals surface area contributed by atoms with E-state index < -0.39 is 0 Å². The molecule has 1 aromatic heterocycles. The predicted molar refractivity (Wildman–Crippen MR) is 80.2 cm³/mol. The van der Waals surface area contributed by atoms with Gasteiger partial charge < -0.3 is 15.4 Å². The van der Waals surface area contributed by atoms with Gasteiger partial charge in [0.15, 0.2) is 0 Å². The zero-order valence-corrected chi connectivity index (χ0v) is 12.7. The Balaban J connectivity index is 1.99. The van der Waals surface area contributed by atoms with Crippen molar-refractivity contribution in [1.29, 1.82) is 0 Å². The van der Waals surface area contributed by atoms with Crippen molar-refractivity contribution in [3.63, 3.8) is 0 Å². The highest BCUT2D eigenvalue weighted by Crippen LogP contribution is 2.49. The lowest BCUT2D eigenvalue weighted by Gasteiger charge is -2.15. The van der Waals surface area contributed by atoms with Gasteiger partial charge in [0.25, 0.3) is 0 Å². The second-order valence-electron chi connectivity index (χ2n) is 5.50. The fourth-order valence-corrected chi connectivity index (χ4v) is 2.33. The van der Waals surface area contributed by atoms with Crippen LogP contribution in [0.2, 0.25) is 0 Å². The fourth-order valence-electron chi connectivity index (χ4n) is 2.33. The Kier molecular flexibility index (Phi) is 4.98. The van der Waals surface area contributed by atoms with Crippen molar-refractivity contribution in [2.45, 2.75) is 46.0 Å². The van der Waals surface area contributed by atoms with Crippen molar-refractivity contribution in [2.24, 2.45) is 5.41 Å². The standard InChI is InChI=1S/C14H25N5O/c1-4-6-14(7-8-14)10-16-12-17-11(15-9-5-2)18-13(19-12)20-3/h4-10H2,1-3H3,(H2,15,16,17,18,19). The van der Waals surface area contributed by atoms with E-state index >= 15 is 0 Å². The number of aromatic nitrogens is 3. The average molecular weight is 279 g/mol. The number of anilines is 2. The average Bonchev–Trinajstić information content (AvgIpc) is 3.23. The second kappa shape index (κ2) is 6.72. The summed E-state index contributed by atoms with van der Waals surface area (Å²) in [5, 5.41) is 6.51. The summed E-state index contributed by atoms with van der Waals surface area (Å²) < 4.78 is 5.13. The van der Waals surface area contributed by atoms with Crippen LogP contribution in [-0.4, -0.2) is 35.2 Å². The SMILES string of the molecule is CCCNc1nc(NCC2(CCC)CC2)nc(OC)n1. The molecule has 20 heavy (non-hydrogen) atoms. The molecule has 1 saturated carbocycles. The van der Waals surface area contributed by atoms with Crippen LogP contribution < -0.4 is 15.4 Å². The van der Waals surface area contributed by atoms with Crippen LogP contribution in [0, 0.1) is 5.41 Å². The van der Waals surface area contributed by atoms with Crippen molar-refractivity contribution in [3.05, 3.63) is 0 Å². The molecule has 0 aliphatic heterocycles. The quantitative estimate of drug-likeness (QED) is 0.724. The Morgan fingerprint density at radius 1 is 1.05 bits per heavy atom. The molecule has 0 unspecified atom stereocenters. The smallest absolute Gasteiger partial charge is 0.322 e. The first-order valence-electron chi connectivity index (χ1n) is 7.49. The van der Waals surface area contributed by atoms with E-state index in [0.29, 0.717) is 23.3 Å². The van der Waals surface area contributed by atoms with Gasteiger partial charge in [0, 0.05) is 13.1 Å². The predicted octanol–water partition coefficient (Wildman–Crippen LogP) is 2.69. The molecule has 0 aromatic carbocycles. The third-order valence-electron chi connectivity index (χ3n) is 3.69. The third kappa shape index (κ3) is 3.95. The minimum absolute atomic E-state index is 0.349. The summed E-state index contributed by atoms with van der Waals surface area (Å²) in [6, 6.07) is 0.349. The van der Waals surface area contributed by atoms with E-state index in [1.807, 2.05) is 0 Å². The Bertz CT molecular complexity index is 434. The summed E-state index contributed by atoms with van der Waals surface area (Å²) in [4.78, 5) is 12.8. The first-order valence-corrected chi connectivity index (χ1v) is 7.49. The molecule has 2 rings (SSSR count). The molecule has 112 valence electrons. The summed E-state index contributed by atoms with van der Waals surface area (Å²) >= 11 is 0. The van der Waals surface area contributed by atoms with Gasteiger partial charge in [0.2, 0.25) is 11.9 Å². The number of nitrogens with one attached hydrogen (secondary N) is 2. The maximum atomic E-state index is 5.13. The van der Waals surface area contributed by atoms with Gasteiger partial charge in [-0.2, -0.15) is 15.0 Å². The number of ether oxygens (including phenoxy) is 1. The van der Waals surface area contributed by atoms with E-state index in [1.54, 1.807) is 7.11 Å². The molecular weight excluding hydrogens is 254 g/mol. The van der Waals surface area contributed by atoms with Crippen LogP contribution in [-0.2, 0) is 0 Å². The van der Waals surface area contributed by atoms with Crippen LogP contribution in [0.3, 0.4) is 0 Å². The van der Waals surface area contributed by atoms with Gasteiger partial charge in [-0.25, -0.2) is 0 Å². The molecule has 1 heterocycles. The number of hydrogen-bond donors (Lipinski definition) is 2. The Labute approximate surface area is 120 Å². The van der Waals surface area contributed by atoms with Crippen molar-refractivity contribution < 1.29 is 4.74 Å². The van der Waals surface area contributed by atoms with Gasteiger partial charge in [-0.3, -0.25) is 0 Å². The Morgan fingerprint density at radius 2 is 1.75 bits per heavy atom. The molecule has 0 bridgehead atoms. The van der Waals surface area contributed by atoms with Gasteiger partial charge in [0.05, 0.1) is 7.11 Å². The minimum atomic E-state index is 0.349. The summed E-state index contributed by atoms with van der Waals surface area (Å²) in [5.74, 6) is 1.17. The lowest BCUT2D eigenvalue weighted by atomic mass is 10.0. The Hall–Kier alpha value is -1.59. The molecule has 1 aromatic rings. The van der Waals surface area contributed by atoms with Crippen molar-refractivity contribution in [3.8, 4) is 6.01 Å². The highest BCUT2D eigenvalue weighted by molar-refractivity contribution is 5.36. The molecule has 0 saturated heterocycles. The van der Waals surface area contributed by atoms with Gasteiger partial charge in [-0.05, 0) is 31.1 Å². The first-order chi connectivity index (χ1) is 9.71. The molecule has 0 spiro atoms. The highest BCUT2D eigenvalue weighted by atomic mass is 16.5. The summed E-state index contributed by atoms with van der Waals surface area (Å²) in [6.07, 6.45) is 6.12. The number of nitrogens with zero attached hydrogens (tertiary/aromatic N) is 3. The van der Waals surface area contributed by atoms with Crippen LogP contribution in [0.1, 0.15) is 46.0 Å². The Morgan fingerprint density at radius 3 is 2.30 bits per heavy atom. The molecule has 0 atom stereocenters. The fraction of sp³-hybridized carbons (Fsp3) is 0.786.